The zero-order valence-electron chi connectivity index (χ0n) is 13.0. The van der Waals surface area contributed by atoms with E-state index in [1.807, 2.05) is 6.92 Å². The summed E-state index contributed by atoms with van der Waals surface area (Å²) in [6.07, 6.45) is -0.608. The van der Waals surface area contributed by atoms with E-state index in [0.29, 0.717) is 18.4 Å². The number of benzene rings is 1. The predicted octanol–water partition coefficient (Wildman–Crippen LogP) is 3.35. The molecule has 0 saturated carbocycles. The largest absolute Gasteiger partial charge is 0.416 e. The van der Waals surface area contributed by atoms with Crippen molar-refractivity contribution in [3.63, 3.8) is 0 Å². The molecule has 2 rings (SSSR count). The SMILES string of the molecule is CCCC(NC(=O)c1nccnc1N)c1cccc(C(F)(F)F)c1. The number of amides is 1. The fourth-order valence-corrected chi connectivity index (χ4v) is 2.29. The number of halogens is 3. The molecule has 0 aliphatic carbocycles. The summed E-state index contributed by atoms with van der Waals surface area (Å²) < 4.78 is 38.6. The molecule has 1 aromatic carbocycles. The molecule has 0 fully saturated rings. The van der Waals surface area contributed by atoms with Gasteiger partial charge in [-0.25, -0.2) is 9.97 Å². The maximum absolute atomic E-state index is 12.9. The highest BCUT2D eigenvalue weighted by molar-refractivity contribution is 5.96. The Kier molecular flexibility index (Phi) is 5.38. The predicted molar refractivity (Wildman–Crippen MR) is 83.0 cm³/mol. The lowest BCUT2D eigenvalue weighted by Gasteiger charge is -2.20. The van der Waals surface area contributed by atoms with Crippen LogP contribution in [0, 0.1) is 0 Å². The summed E-state index contributed by atoms with van der Waals surface area (Å²) in [5.41, 5.74) is 5.18. The van der Waals surface area contributed by atoms with E-state index >= 15 is 0 Å². The molecule has 24 heavy (non-hydrogen) atoms. The molecule has 0 aliphatic heterocycles. The maximum Gasteiger partial charge on any atom is 0.416 e. The number of nitrogen functional groups attached to an aromatic ring is 1. The summed E-state index contributed by atoms with van der Waals surface area (Å²) in [6.45, 7) is 1.88. The van der Waals surface area contributed by atoms with Gasteiger partial charge in [0, 0.05) is 12.4 Å². The van der Waals surface area contributed by atoms with Crippen LogP contribution in [0.3, 0.4) is 0 Å². The number of anilines is 1. The number of alkyl halides is 3. The molecule has 128 valence electrons. The molecule has 0 bridgehead atoms. The van der Waals surface area contributed by atoms with Crippen molar-refractivity contribution in [2.24, 2.45) is 0 Å². The molecule has 1 atom stereocenters. The third kappa shape index (κ3) is 4.21. The summed E-state index contributed by atoms with van der Waals surface area (Å²) in [7, 11) is 0. The van der Waals surface area contributed by atoms with Gasteiger partial charge in [-0.15, -0.1) is 0 Å². The monoisotopic (exact) mass is 338 g/mol. The fraction of sp³-hybridized carbons (Fsp3) is 0.312. The number of nitrogens with two attached hydrogens (primary N) is 1. The van der Waals surface area contributed by atoms with Crippen LogP contribution in [0.2, 0.25) is 0 Å². The molecule has 1 unspecified atom stereocenters. The van der Waals surface area contributed by atoms with Crippen LogP contribution in [0.25, 0.3) is 0 Å². The molecular weight excluding hydrogens is 321 g/mol. The molecule has 3 N–H and O–H groups in total. The van der Waals surface area contributed by atoms with Crippen LogP contribution < -0.4 is 11.1 Å². The summed E-state index contributed by atoms with van der Waals surface area (Å²) in [5, 5.41) is 2.68. The van der Waals surface area contributed by atoms with Crippen molar-refractivity contribution >= 4 is 11.7 Å². The second-order valence-corrected chi connectivity index (χ2v) is 5.23. The third-order valence-electron chi connectivity index (χ3n) is 3.44. The van der Waals surface area contributed by atoms with E-state index in [0.717, 1.165) is 12.1 Å². The van der Waals surface area contributed by atoms with Gasteiger partial charge in [-0.1, -0.05) is 25.5 Å². The highest BCUT2D eigenvalue weighted by Gasteiger charge is 2.31. The minimum atomic E-state index is -4.44. The molecule has 0 aliphatic rings. The maximum atomic E-state index is 12.9. The highest BCUT2D eigenvalue weighted by Crippen LogP contribution is 2.31. The summed E-state index contributed by atoms with van der Waals surface area (Å²) in [4.78, 5) is 19.9. The standard InChI is InChI=1S/C16H17F3N4O/c1-2-4-12(10-5-3-6-11(9-10)16(17,18)19)23-15(24)13-14(20)22-8-7-21-13/h3,5-9,12H,2,4H2,1H3,(H2,20,22)(H,23,24). The van der Waals surface area contributed by atoms with Crippen molar-refractivity contribution < 1.29 is 18.0 Å². The number of nitrogens with zero attached hydrogens (tertiary/aromatic N) is 2. The Bertz CT molecular complexity index is 718. The molecule has 5 nitrogen and oxygen atoms in total. The number of rotatable bonds is 5. The minimum Gasteiger partial charge on any atom is -0.382 e. The van der Waals surface area contributed by atoms with Crippen LogP contribution in [0.5, 0.6) is 0 Å². The second kappa shape index (κ2) is 7.29. The Labute approximate surface area is 137 Å². The van der Waals surface area contributed by atoms with Crippen molar-refractivity contribution in [1.82, 2.24) is 15.3 Å². The van der Waals surface area contributed by atoms with E-state index in [9.17, 15) is 18.0 Å². The Balaban J connectivity index is 2.27. The lowest BCUT2D eigenvalue weighted by molar-refractivity contribution is -0.137. The number of carbonyl (C=O) groups excluding carboxylic acids is 1. The molecular formula is C16H17F3N4O. The van der Waals surface area contributed by atoms with Gasteiger partial charge in [0.2, 0.25) is 0 Å². The highest BCUT2D eigenvalue weighted by atomic mass is 19.4. The van der Waals surface area contributed by atoms with Gasteiger partial charge in [-0.05, 0) is 24.1 Å². The average Bonchev–Trinajstić information content (AvgIpc) is 2.54. The van der Waals surface area contributed by atoms with Crippen molar-refractivity contribution in [3.05, 3.63) is 53.5 Å². The van der Waals surface area contributed by atoms with Gasteiger partial charge in [0.1, 0.15) is 0 Å². The molecule has 1 heterocycles. The zero-order chi connectivity index (χ0) is 17.7. The summed E-state index contributed by atoms with van der Waals surface area (Å²) in [6, 6.07) is 4.33. The molecule has 2 aromatic rings. The third-order valence-corrected chi connectivity index (χ3v) is 3.44. The van der Waals surface area contributed by atoms with Gasteiger partial charge in [0.15, 0.2) is 11.5 Å². The Hall–Kier alpha value is -2.64. The zero-order valence-corrected chi connectivity index (χ0v) is 13.0. The van der Waals surface area contributed by atoms with Crippen LogP contribution in [0.4, 0.5) is 19.0 Å². The number of aromatic nitrogens is 2. The Morgan fingerprint density at radius 3 is 2.62 bits per heavy atom. The van der Waals surface area contributed by atoms with Crippen LogP contribution in [-0.4, -0.2) is 15.9 Å². The van der Waals surface area contributed by atoms with Crippen LogP contribution in [0.1, 0.15) is 47.4 Å². The van der Waals surface area contributed by atoms with Crippen molar-refractivity contribution in [2.75, 3.05) is 5.73 Å². The van der Waals surface area contributed by atoms with Gasteiger partial charge in [-0.3, -0.25) is 4.79 Å². The number of carbonyl (C=O) groups is 1. The minimum absolute atomic E-state index is 0.0331. The first-order valence-electron chi connectivity index (χ1n) is 7.37. The van der Waals surface area contributed by atoms with E-state index in [1.165, 1.54) is 18.5 Å². The normalized spacial score (nSPS) is 12.7. The lowest BCUT2D eigenvalue weighted by atomic mass is 9.99. The van der Waals surface area contributed by atoms with Crippen LogP contribution in [0.15, 0.2) is 36.7 Å². The first-order valence-corrected chi connectivity index (χ1v) is 7.37. The second-order valence-electron chi connectivity index (χ2n) is 5.23. The van der Waals surface area contributed by atoms with Gasteiger partial charge < -0.3 is 11.1 Å². The molecule has 0 spiro atoms. The fourth-order valence-electron chi connectivity index (χ4n) is 2.29. The summed E-state index contributed by atoms with van der Waals surface area (Å²) >= 11 is 0. The van der Waals surface area contributed by atoms with Gasteiger partial charge >= 0.3 is 6.18 Å². The first kappa shape index (κ1) is 17.7. The molecule has 0 saturated heterocycles. The molecule has 0 radical (unpaired) electrons. The van der Waals surface area contributed by atoms with E-state index in [-0.39, 0.29) is 11.5 Å². The summed E-state index contributed by atoms with van der Waals surface area (Å²) in [5.74, 6) is -0.606. The van der Waals surface area contributed by atoms with E-state index in [2.05, 4.69) is 15.3 Å². The van der Waals surface area contributed by atoms with Crippen molar-refractivity contribution in [2.45, 2.75) is 32.0 Å². The van der Waals surface area contributed by atoms with Crippen LogP contribution >= 0.6 is 0 Å². The number of hydrogen-bond acceptors (Lipinski definition) is 4. The number of hydrogen-bond donors (Lipinski definition) is 2. The molecule has 1 amide bonds. The first-order chi connectivity index (χ1) is 11.3. The quantitative estimate of drug-likeness (QED) is 0.876. The molecule has 1 aromatic heterocycles. The van der Waals surface area contributed by atoms with E-state index < -0.39 is 23.7 Å². The van der Waals surface area contributed by atoms with Gasteiger partial charge in [0.25, 0.3) is 5.91 Å². The van der Waals surface area contributed by atoms with Gasteiger partial charge in [-0.2, -0.15) is 13.2 Å². The topological polar surface area (TPSA) is 80.9 Å². The van der Waals surface area contributed by atoms with E-state index in [4.69, 9.17) is 5.73 Å². The number of nitrogens with one attached hydrogen (secondary N) is 1. The smallest absolute Gasteiger partial charge is 0.382 e. The Morgan fingerprint density at radius 1 is 1.29 bits per heavy atom. The van der Waals surface area contributed by atoms with Crippen molar-refractivity contribution in [3.8, 4) is 0 Å². The lowest BCUT2D eigenvalue weighted by Crippen LogP contribution is -2.30. The van der Waals surface area contributed by atoms with Gasteiger partial charge in [0.05, 0.1) is 11.6 Å². The molecule has 8 heteroatoms. The average molecular weight is 338 g/mol. The van der Waals surface area contributed by atoms with Crippen molar-refractivity contribution in [1.29, 1.82) is 0 Å². The van der Waals surface area contributed by atoms with Crippen LogP contribution in [-0.2, 0) is 6.18 Å². The van der Waals surface area contributed by atoms with E-state index in [1.54, 1.807) is 6.07 Å². The Morgan fingerprint density at radius 2 is 2.00 bits per heavy atom.